The van der Waals surface area contributed by atoms with Gasteiger partial charge in [-0.05, 0) is 38.6 Å². The number of aryl methyl sites for hydroxylation is 1. The van der Waals surface area contributed by atoms with E-state index in [0.29, 0.717) is 0 Å². The van der Waals surface area contributed by atoms with Crippen LogP contribution < -0.4 is 10.1 Å². The topological polar surface area (TPSA) is 52.0 Å². The van der Waals surface area contributed by atoms with Crippen molar-refractivity contribution >= 4 is 0 Å². The van der Waals surface area contributed by atoms with Crippen LogP contribution in [0.3, 0.4) is 0 Å². The van der Waals surface area contributed by atoms with E-state index in [-0.39, 0.29) is 12.1 Å². The van der Waals surface area contributed by atoms with E-state index in [1.807, 2.05) is 52.5 Å². The lowest BCUT2D eigenvalue weighted by Gasteiger charge is -2.16. The van der Waals surface area contributed by atoms with Crippen LogP contribution in [0.5, 0.6) is 5.75 Å². The quantitative estimate of drug-likeness (QED) is 0.892. The maximum absolute atomic E-state index is 5.67. The maximum Gasteiger partial charge on any atom is 0.138 e. The first-order valence-electron chi connectivity index (χ1n) is 6.38. The van der Waals surface area contributed by atoms with Crippen LogP contribution in [-0.4, -0.2) is 27.9 Å². The van der Waals surface area contributed by atoms with Gasteiger partial charge in [-0.3, -0.25) is 9.67 Å². The van der Waals surface area contributed by atoms with E-state index in [2.05, 4.69) is 15.4 Å². The van der Waals surface area contributed by atoms with Crippen LogP contribution in [0, 0.1) is 0 Å². The van der Waals surface area contributed by atoms with Gasteiger partial charge in [-0.25, -0.2) is 0 Å². The van der Waals surface area contributed by atoms with Gasteiger partial charge in [0.2, 0.25) is 0 Å². The van der Waals surface area contributed by atoms with E-state index in [1.54, 1.807) is 10.9 Å². The van der Waals surface area contributed by atoms with Crippen molar-refractivity contribution in [3.05, 3.63) is 42.0 Å². The molecule has 0 bridgehead atoms. The predicted molar refractivity (Wildman–Crippen MR) is 74.1 cm³/mol. The van der Waals surface area contributed by atoms with E-state index in [0.717, 1.165) is 17.0 Å². The Balaban J connectivity index is 2.28. The van der Waals surface area contributed by atoms with Gasteiger partial charge in [0.1, 0.15) is 5.75 Å². The summed E-state index contributed by atoms with van der Waals surface area (Å²) in [6.07, 6.45) is 5.64. The molecule has 5 nitrogen and oxygen atoms in total. The summed E-state index contributed by atoms with van der Waals surface area (Å²) in [5, 5.41) is 7.69. The highest BCUT2D eigenvalue weighted by Crippen LogP contribution is 2.23. The summed E-state index contributed by atoms with van der Waals surface area (Å²) in [4.78, 5) is 4.24. The molecule has 0 saturated carbocycles. The lowest BCUT2D eigenvalue weighted by Crippen LogP contribution is -2.19. The van der Waals surface area contributed by atoms with E-state index in [4.69, 9.17) is 4.74 Å². The van der Waals surface area contributed by atoms with Crippen LogP contribution >= 0.6 is 0 Å². The van der Waals surface area contributed by atoms with Gasteiger partial charge in [-0.1, -0.05) is 0 Å². The summed E-state index contributed by atoms with van der Waals surface area (Å²) >= 11 is 0. The molecule has 2 heterocycles. The molecule has 1 unspecified atom stereocenters. The molecule has 0 spiro atoms. The molecule has 0 amide bonds. The molecule has 0 aromatic carbocycles. The number of hydrogen-bond donors (Lipinski definition) is 1. The minimum absolute atomic E-state index is 0.0180. The number of nitrogens with zero attached hydrogens (tertiary/aromatic N) is 3. The summed E-state index contributed by atoms with van der Waals surface area (Å²) in [7, 11) is 3.82. The van der Waals surface area contributed by atoms with E-state index < -0.39 is 0 Å². The third-order valence-corrected chi connectivity index (χ3v) is 2.76. The summed E-state index contributed by atoms with van der Waals surface area (Å²) < 4.78 is 7.47. The van der Waals surface area contributed by atoms with Gasteiger partial charge in [0.15, 0.2) is 0 Å². The largest absolute Gasteiger partial charge is 0.489 e. The molecule has 2 aromatic rings. The average molecular weight is 260 g/mol. The van der Waals surface area contributed by atoms with Crippen LogP contribution in [0.15, 0.2) is 30.7 Å². The summed E-state index contributed by atoms with van der Waals surface area (Å²) in [5.41, 5.74) is 2.01. The third-order valence-electron chi connectivity index (χ3n) is 2.76. The van der Waals surface area contributed by atoms with Gasteiger partial charge in [0.25, 0.3) is 0 Å². The Morgan fingerprint density at radius 3 is 2.68 bits per heavy atom. The van der Waals surface area contributed by atoms with E-state index in [9.17, 15) is 0 Å². The fourth-order valence-corrected chi connectivity index (χ4v) is 2.00. The van der Waals surface area contributed by atoms with Crippen molar-refractivity contribution < 1.29 is 4.74 Å². The minimum Gasteiger partial charge on any atom is -0.489 e. The van der Waals surface area contributed by atoms with Gasteiger partial charge in [0, 0.05) is 19.4 Å². The van der Waals surface area contributed by atoms with Crippen LogP contribution in [0.25, 0.3) is 0 Å². The lowest BCUT2D eigenvalue weighted by molar-refractivity contribution is 0.241. The fraction of sp³-hybridized carbons (Fsp3) is 0.429. The zero-order chi connectivity index (χ0) is 13.8. The molecule has 5 heteroatoms. The zero-order valence-corrected chi connectivity index (χ0v) is 11.8. The van der Waals surface area contributed by atoms with Crippen molar-refractivity contribution in [3.63, 3.8) is 0 Å². The Morgan fingerprint density at radius 2 is 2.11 bits per heavy atom. The van der Waals surface area contributed by atoms with Crippen molar-refractivity contribution in [2.45, 2.75) is 26.0 Å². The van der Waals surface area contributed by atoms with Crippen molar-refractivity contribution in [3.8, 4) is 5.75 Å². The summed E-state index contributed by atoms with van der Waals surface area (Å²) in [6.45, 7) is 4.00. The van der Waals surface area contributed by atoms with Gasteiger partial charge in [0.05, 0.1) is 24.0 Å². The molecule has 0 saturated heterocycles. The second-order valence-electron chi connectivity index (χ2n) is 4.76. The molecule has 0 aliphatic heterocycles. The molecule has 0 radical (unpaired) electrons. The molecule has 2 rings (SSSR count). The Kier molecular flexibility index (Phi) is 4.16. The van der Waals surface area contributed by atoms with Crippen LogP contribution in [-0.2, 0) is 7.05 Å². The number of aromatic nitrogens is 3. The number of hydrogen-bond acceptors (Lipinski definition) is 4. The molecule has 0 aliphatic rings. The zero-order valence-electron chi connectivity index (χ0n) is 11.8. The molecule has 19 heavy (non-hydrogen) atoms. The first-order chi connectivity index (χ1) is 9.10. The molecule has 1 atom stereocenters. The minimum atomic E-state index is 0.0180. The van der Waals surface area contributed by atoms with Crippen molar-refractivity contribution in [2.24, 2.45) is 7.05 Å². The van der Waals surface area contributed by atoms with Gasteiger partial charge < -0.3 is 10.1 Å². The van der Waals surface area contributed by atoms with Crippen LogP contribution in [0.2, 0.25) is 0 Å². The van der Waals surface area contributed by atoms with Crippen LogP contribution in [0.4, 0.5) is 0 Å². The van der Waals surface area contributed by atoms with Crippen molar-refractivity contribution in [1.29, 1.82) is 0 Å². The van der Waals surface area contributed by atoms with Gasteiger partial charge in [-0.2, -0.15) is 5.10 Å². The maximum atomic E-state index is 5.67. The number of ether oxygens (including phenoxy) is 1. The second kappa shape index (κ2) is 5.84. The second-order valence-corrected chi connectivity index (χ2v) is 4.76. The molecule has 1 N–H and O–H groups in total. The number of pyridine rings is 1. The van der Waals surface area contributed by atoms with Crippen molar-refractivity contribution in [1.82, 2.24) is 20.1 Å². The SMILES string of the molecule is CNC(c1cncc(OC(C)C)c1)c1ccn(C)n1. The standard InChI is InChI=1S/C14H20N4O/c1-10(2)19-12-7-11(8-16-9-12)14(15-3)13-5-6-18(4)17-13/h5-10,14-15H,1-4H3. The third kappa shape index (κ3) is 3.32. The monoisotopic (exact) mass is 260 g/mol. The van der Waals surface area contributed by atoms with Crippen LogP contribution in [0.1, 0.15) is 31.1 Å². The van der Waals surface area contributed by atoms with Gasteiger partial charge >= 0.3 is 0 Å². The summed E-state index contributed by atoms with van der Waals surface area (Å²) in [5.74, 6) is 0.781. The fourth-order valence-electron chi connectivity index (χ4n) is 2.00. The highest BCUT2D eigenvalue weighted by Gasteiger charge is 2.15. The Hall–Kier alpha value is -1.88. The first kappa shape index (κ1) is 13.5. The molecule has 0 fully saturated rings. The van der Waals surface area contributed by atoms with E-state index >= 15 is 0 Å². The molecular formula is C14H20N4O. The van der Waals surface area contributed by atoms with E-state index in [1.165, 1.54) is 0 Å². The highest BCUT2D eigenvalue weighted by molar-refractivity contribution is 5.31. The smallest absolute Gasteiger partial charge is 0.138 e. The molecular weight excluding hydrogens is 240 g/mol. The van der Waals surface area contributed by atoms with Crippen molar-refractivity contribution in [2.75, 3.05) is 7.05 Å². The Labute approximate surface area is 113 Å². The average Bonchev–Trinajstić information content (AvgIpc) is 2.76. The molecule has 0 aliphatic carbocycles. The van der Waals surface area contributed by atoms with Gasteiger partial charge in [-0.15, -0.1) is 0 Å². The predicted octanol–water partition coefficient (Wildman–Crippen LogP) is 1.91. The number of rotatable bonds is 5. The molecule has 2 aromatic heterocycles. The Morgan fingerprint density at radius 1 is 1.32 bits per heavy atom. The first-order valence-corrected chi connectivity index (χ1v) is 6.38. The normalized spacial score (nSPS) is 12.7. The lowest BCUT2D eigenvalue weighted by atomic mass is 10.1. The summed E-state index contributed by atoms with van der Waals surface area (Å²) in [6, 6.07) is 4.02. The number of nitrogens with one attached hydrogen (secondary N) is 1. The Bertz CT molecular complexity index is 536. The highest BCUT2D eigenvalue weighted by atomic mass is 16.5. The molecule has 102 valence electrons.